The molecule has 0 spiro atoms. The van der Waals surface area contributed by atoms with E-state index in [0.717, 1.165) is 49.2 Å². The number of carbonyl (C=O) groups is 2. The molecular weight excluding hydrogens is 300 g/mol. The lowest BCUT2D eigenvalue weighted by Gasteiger charge is -2.16. The molecule has 1 fully saturated rings. The van der Waals surface area contributed by atoms with E-state index < -0.39 is 0 Å². The number of rotatable bonds is 2. The normalized spacial score (nSPS) is 20.3. The number of likely N-dealkylation sites (tertiary alicyclic amines) is 1. The predicted octanol–water partition coefficient (Wildman–Crippen LogP) is 3.47. The molecule has 1 amide bonds. The second kappa shape index (κ2) is 5.93. The van der Waals surface area contributed by atoms with E-state index in [4.69, 9.17) is 0 Å². The van der Waals surface area contributed by atoms with Crippen molar-refractivity contribution >= 4 is 11.7 Å². The quantitative estimate of drug-likeness (QED) is 0.920. The molecular formula is C20H22N2O2. The van der Waals surface area contributed by atoms with E-state index in [-0.39, 0.29) is 11.7 Å². The Kier molecular flexibility index (Phi) is 3.75. The molecule has 2 aliphatic rings. The summed E-state index contributed by atoms with van der Waals surface area (Å²) in [6.45, 7) is 3.42. The predicted molar refractivity (Wildman–Crippen MR) is 92.5 cm³/mol. The highest BCUT2D eigenvalue weighted by molar-refractivity contribution is 6.04. The van der Waals surface area contributed by atoms with Crippen molar-refractivity contribution in [3.05, 3.63) is 58.4 Å². The number of hydrogen-bond acceptors (Lipinski definition) is 2. The van der Waals surface area contributed by atoms with Gasteiger partial charge < -0.3 is 9.88 Å². The Bertz CT molecular complexity index is 791. The Morgan fingerprint density at radius 1 is 1.21 bits per heavy atom. The van der Waals surface area contributed by atoms with Crippen molar-refractivity contribution in [2.24, 2.45) is 0 Å². The first kappa shape index (κ1) is 15.2. The molecule has 0 unspecified atom stereocenters. The Morgan fingerprint density at radius 3 is 2.75 bits per heavy atom. The van der Waals surface area contributed by atoms with E-state index in [2.05, 4.69) is 29.2 Å². The lowest BCUT2D eigenvalue weighted by atomic mass is 9.94. The second-order valence-electron chi connectivity index (χ2n) is 6.90. The van der Waals surface area contributed by atoms with Crippen LogP contribution in [0.1, 0.15) is 62.8 Å². The summed E-state index contributed by atoms with van der Waals surface area (Å²) >= 11 is 0. The fraction of sp³-hybridized carbons (Fsp3) is 0.400. The molecule has 1 N–H and O–H groups in total. The monoisotopic (exact) mass is 322 g/mol. The van der Waals surface area contributed by atoms with Crippen LogP contribution in [0.25, 0.3) is 0 Å². The van der Waals surface area contributed by atoms with E-state index in [1.54, 1.807) is 0 Å². The Balaban J connectivity index is 1.56. The van der Waals surface area contributed by atoms with Gasteiger partial charge in [0.2, 0.25) is 0 Å². The molecule has 1 aromatic heterocycles. The first-order valence-electron chi connectivity index (χ1n) is 8.74. The Labute approximate surface area is 141 Å². The lowest BCUT2D eigenvalue weighted by molar-refractivity contribution is 0.0784. The molecule has 4 rings (SSSR count). The van der Waals surface area contributed by atoms with Crippen molar-refractivity contribution in [3.8, 4) is 0 Å². The standard InChI is InChI=1S/C20H22N2O2/c1-13-18-16(8-5-9-17(18)23)21-19(13)20(24)22-11-10-15(12-22)14-6-3-2-4-7-14/h2-4,6-7,15,21H,5,8-12H2,1H3/t15-/m1/s1. The van der Waals surface area contributed by atoms with Gasteiger partial charge in [0.05, 0.1) is 0 Å². The number of hydrogen-bond donors (Lipinski definition) is 1. The van der Waals surface area contributed by atoms with Crippen LogP contribution < -0.4 is 0 Å². The molecule has 2 aromatic rings. The number of Topliss-reactive ketones (excluding diaryl/α,β-unsaturated/α-hetero) is 1. The van der Waals surface area contributed by atoms with Gasteiger partial charge in [-0.25, -0.2) is 0 Å². The largest absolute Gasteiger partial charge is 0.354 e. The molecule has 0 bridgehead atoms. The molecule has 0 saturated carbocycles. The van der Waals surface area contributed by atoms with Crippen LogP contribution in [0.5, 0.6) is 0 Å². The van der Waals surface area contributed by atoms with Gasteiger partial charge in [-0.1, -0.05) is 30.3 Å². The fourth-order valence-electron chi connectivity index (χ4n) is 4.09. The number of aromatic nitrogens is 1. The fourth-order valence-corrected chi connectivity index (χ4v) is 4.09. The summed E-state index contributed by atoms with van der Waals surface area (Å²) in [5, 5.41) is 0. The molecule has 124 valence electrons. The Morgan fingerprint density at radius 2 is 2.00 bits per heavy atom. The number of H-pyrrole nitrogens is 1. The SMILES string of the molecule is Cc1c(C(=O)N2CC[C@@H](c3ccccc3)C2)[nH]c2c1C(=O)CCC2. The van der Waals surface area contributed by atoms with Gasteiger partial charge >= 0.3 is 0 Å². The number of amides is 1. The average molecular weight is 322 g/mol. The van der Waals surface area contributed by atoms with Crippen LogP contribution in [0.4, 0.5) is 0 Å². The lowest BCUT2D eigenvalue weighted by Crippen LogP contribution is -2.29. The minimum absolute atomic E-state index is 0.0353. The van der Waals surface area contributed by atoms with E-state index >= 15 is 0 Å². The number of ketones is 1. The molecule has 4 nitrogen and oxygen atoms in total. The molecule has 1 aliphatic heterocycles. The van der Waals surface area contributed by atoms with Crippen molar-refractivity contribution in [3.63, 3.8) is 0 Å². The first-order valence-corrected chi connectivity index (χ1v) is 8.74. The average Bonchev–Trinajstić information content (AvgIpc) is 3.21. The smallest absolute Gasteiger partial charge is 0.270 e. The van der Waals surface area contributed by atoms with Gasteiger partial charge in [0.1, 0.15) is 5.69 Å². The molecule has 24 heavy (non-hydrogen) atoms. The minimum Gasteiger partial charge on any atom is -0.354 e. The summed E-state index contributed by atoms with van der Waals surface area (Å²) < 4.78 is 0. The van der Waals surface area contributed by atoms with Crippen LogP contribution in [0.3, 0.4) is 0 Å². The topological polar surface area (TPSA) is 53.2 Å². The van der Waals surface area contributed by atoms with Gasteiger partial charge in [0, 0.05) is 36.7 Å². The third-order valence-electron chi connectivity index (χ3n) is 5.40. The second-order valence-corrected chi connectivity index (χ2v) is 6.90. The Hall–Kier alpha value is -2.36. The summed E-state index contributed by atoms with van der Waals surface area (Å²) in [6.07, 6.45) is 3.33. The van der Waals surface area contributed by atoms with E-state index in [1.165, 1.54) is 5.56 Å². The van der Waals surface area contributed by atoms with E-state index in [9.17, 15) is 9.59 Å². The summed E-state index contributed by atoms with van der Waals surface area (Å²) in [4.78, 5) is 30.3. The number of carbonyl (C=O) groups excluding carboxylic acids is 2. The third kappa shape index (κ3) is 2.46. The van der Waals surface area contributed by atoms with Crippen LogP contribution >= 0.6 is 0 Å². The molecule has 0 radical (unpaired) electrons. The van der Waals surface area contributed by atoms with Crippen molar-refractivity contribution < 1.29 is 9.59 Å². The number of benzene rings is 1. The van der Waals surface area contributed by atoms with Gasteiger partial charge in [-0.15, -0.1) is 0 Å². The molecule has 1 aliphatic carbocycles. The maximum atomic E-state index is 13.0. The van der Waals surface area contributed by atoms with Gasteiger partial charge in [-0.3, -0.25) is 9.59 Å². The summed E-state index contributed by atoms with van der Waals surface area (Å²) in [6, 6.07) is 10.4. The summed E-state index contributed by atoms with van der Waals surface area (Å²) in [7, 11) is 0. The van der Waals surface area contributed by atoms with Gasteiger partial charge in [0.15, 0.2) is 5.78 Å². The number of nitrogens with zero attached hydrogens (tertiary/aromatic N) is 1. The molecule has 1 saturated heterocycles. The number of aryl methyl sites for hydroxylation is 1. The van der Waals surface area contributed by atoms with Crippen LogP contribution in [-0.2, 0) is 6.42 Å². The summed E-state index contributed by atoms with van der Waals surface area (Å²) in [5.74, 6) is 0.613. The van der Waals surface area contributed by atoms with Crippen molar-refractivity contribution in [2.45, 2.75) is 38.5 Å². The van der Waals surface area contributed by atoms with Crippen LogP contribution in [0.15, 0.2) is 30.3 Å². The van der Waals surface area contributed by atoms with Gasteiger partial charge in [-0.05, 0) is 37.3 Å². The zero-order valence-corrected chi connectivity index (χ0v) is 14.0. The molecule has 2 heterocycles. The third-order valence-corrected chi connectivity index (χ3v) is 5.40. The summed E-state index contributed by atoms with van der Waals surface area (Å²) in [5.41, 5.74) is 4.46. The maximum absolute atomic E-state index is 13.0. The highest BCUT2D eigenvalue weighted by atomic mass is 16.2. The minimum atomic E-state index is 0.0353. The van der Waals surface area contributed by atoms with Crippen LogP contribution in [0, 0.1) is 6.92 Å². The van der Waals surface area contributed by atoms with Crippen molar-refractivity contribution in [2.75, 3.05) is 13.1 Å². The van der Waals surface area contributed by atoms with Crippen LogP contribution in [0.2, 0.25) is 0 Å². The van der Waals surface area contributed by atoms with Gasteiger partial charge in [-0.2, -0.15) is 0 Å². The van der Waals surface area contributed by atoms with E-state index in [0.29, 0.717) is 18.0 Å². The highest BCUT2D eigenvalue weighted by Crippen LogP contribution is 2.31. The number of fused-ring (bicyclic) bond motifs is 1. The maximum Gasteiger partial charge on any atom is 0.270 e. The molecule has 1 aromatic carbocycles. The highest BCUT2D eigenvalue weighted by Gasteiger charge is 2.32. The van der Waals surface area contributed by atoms with Crippen LogP contribution in [-0.4, -0.2) is 34.7 Å². The van der Waals surface area contributed by atoms with Gasteiger partial charge in [0.25, 0.3) is 5.91 Å². The zero-order valence-electron chi connectivity index (χ0n) is 14.0. The number of nitrogens with one attached hydrogen (secondary N) is 1. The zero-order chi connectivity index (χ0) is 16.7. The first-order chi connectivity index (χ1) is 11.6. The molecule has 1 atom stereocenters. The van der Waals surface area contributed by atoms with Crippen molar-refractivity contribution in [1.82, 2.24) is 9.88 Å². The van der Waals surface area contributed by atoms with E-state index in [1.807, 2.05) is 17.9 Å². The van der Waals surface area contributed by atoms with Crippen molar-refractivity contribution in [1.29, 1.82) is 0 Å². The number of aromatic amines is 1. The molecule has 4 heteroatoms.